The van der Waals surface area contributed by atoms with Crippen LogP contribution in [-0.4, -0.2) is 33.8 Å². The Bertz CT molecular complexity index is 393. The lowest BCUT2D eigenvalue weighted by Crippen LogP contribution is -2.42. The monoisotopic (exact) mass is 278 g/mol. The van der Waals surface area contributed by atoms with E-state index in [1.165, 1.54) is 31.2 Å². The van der Waals surface area contributed by atoms with Gasteiger partial charge in [-0.05, 0) is 25.7 Å². The molecule has 4 heteroatoms. The van der Waals surface area contributed by atoms with Crippen molar-refractivity contribution in [2.24, 2.45) is 11.7 Å². The van der Waals surface area contributed by atoms with E-state index in [0.717, 1.165) is 13.1 Å². The molecule has 1 aromatic rings. The average molecular weight is 278 g/mol. The quantitative estimate of drug-likeness (QED) is 0.834. The van der Waals surface area contributed by atoms with E-state index in [9.17, 15) is 0 Å². The summed E-state index contributed by atoms with van der Waals surface area (Å²) in [5.41, 5.74) is 7.40. The van der Waals surface area contributed by atoms with Crippen molar-refractivity contribution >= 4 is 0 Å². The summed E-state index contributed by atoms with van der Waals surface area (Å²) in [7, 11) is 0. The lowest BCUT2D eigenvalue weighted by Gasteiger charge is -2.36. The van der Waals surface area contributed by atoms with E-state index in [1.807, 2.05) is 10.9 Å². The second kappa shape index (κ2) is 7.23. The van der Waals surface area contributed by atoms with Gasteiger partial charge in [-0.3, -0.25) is 9.58 Å². The van der Waals surface area contributed by atoms with Crippen molar-refractivity contribution < 1.29 is 0 Å². The van der Waals surface area contributed by atoms with Crippen molar-refractivity contribution in [3.8, 4) is 0 Å². The summed E-state index contributed by atoms with van der Waals surface area (Å²) in [4.78, 5) is 2.65. The second-order valence-electron chi connectivity index (χ2n) is 6.41. The van der Waals surface area contributed by atoms with Crippen LogP contribution in [0.25, 0.3) is 0 Å². The molecule has 1 saturated carbocycles. The van der Waals surface area contributed by atoms with Crippen LogP contribution in [0.1, 0.15) is 58.1 Å². The van der Waals surface area contributed by atoms with Crippen LogP contribution >= 0.6 is 0 Å². The Morgan fingerprint density at radius 2 is 2.10 bits per heavy atom. The second-order valence-corrected chi connectivity index (χ2v) is 6.41. The van der Waals surface area contributed by atoms with Gasteiger partial charge in [0.05, 0.1) is 12.2 Å². The van der Waals surface area contributed by atoms with Crippen molar-refractivity contribution in [3.63, 3.8) is 0 Å². The van der Waals surface area contributed by atoms with E-state index in [0.29, 0.717) is 24.5 Å². The first kappa shape index (κ1) is 15.5. The molecule has 114 valence electrons. The number of aryl methyl sites for hydroxylation is 1. The highest BCUT2D eigenvalue weighted by atomic mass is 15.3. The summed E-state index contributed by atoms with van der Waals surface area (Å²) in [5, 5.41) is 4.43. The highest BCUT2D eigenvalue weighted by molar-refractivity contribution is 5.12. The van der Waals surface area contributed by atoms with Crippen molar-refractivity contribution in [2.45, 2.75) is 65.1 Å². The smallest absolute Gasteiger partial charge is 0.0538 e. The van der Waals surface area contributed by atoms with Crippen LogP contribution in [0.4, 0.5) is 0 Å². The molecule has 1 aliphatic rings. The number of nitrogens with two attached hydrogens (primary N) is 1. The van der Waals surface area contributed by atoms with Gasteiger partial charge in [0.1, 0.15) is 0 Å². The van der Waals surface area contributed by atoms with Crippen LogP contribution in [0.2, 0.25) is 0 Å². The van der Waals surface area contributed by atoms with Crippen molar-refractivity contribution in [2.75, 3.05) is 13.1 Å². The predicted molar refractivity (Wildman–Crippen MR) is 83.5 cm³/mol. The molecule has 2 N–H and O–H groups in total. The van der Waals surface area contributed by atoms with Gasteiger partial charge in [0, 0.05) is 37.4 Å². The minimum Gasteiger partial charge on any atom is -0.329 e. The summed E-state index contributed by atoms with van der Waals surface area (Å²) in [5.74, 6) is 0.672. The molecule has 0 spiro atoms. The van der Waals surface area contributed by atoms with E-state index >= 15 is 0 Å². The average Bonchev–Trinajstić information content (AvgIpc) is 3.09. The maximum Gasteiger partial charge on any atom is 0.0538 e. The van der Waals surface area contributed by atoms with Crippen molar-refractivity contribution in [1.82, 2.24) is 14.7 Å². The molecule has 1 unspecified atom stereocenters. The number of hydrogen-bond donors (Lipinski definition) is 1. The van der Waals surface area contributed by atoms with Gasteiger partial charge in [0.15, 0.2) is 0 Å². The topological polar surface area (TPSA) is 47.1 Å². The van der Waals surface area contributed by atoms with Gasteiger partial charge in [0.2, 0.25) is 0 Å². The lowest BCUT2D eigenvalue weighted by molar-refractivity contribution is 0.121. The van der Waals surface area contributed by atoms with Crippen LogP contribution in [0, 0.1) is 5.92 Å². The summed E-state index contributed by atoms with van der Waals surface area (Å²) < 4.78 is 2.00. The standard InChI is InChI=1S/C16H30N4/c1-4-19-12-14(10-18-19)16(9-17)20(11-13(2)3)15-7-5-6-8-15/h10,12-13,15-16H,4-9,11,17H2,1-3H3. The molecule has 1 aliphatic carbocycles. The fourth-order valence-corrected chi connectivity index (χ4v) is 3.38. The fourth-order valence-electron chi connectivity index (χ4n) is 3.38. The predicted octanol–water partition coefficient (Wildman–Crippen LogP) is 2.80. The highest BCUT2D eigenvalue weighted by Gasteiger charge is 2.30. The molecule has 1 fully saturated rings. The zero-order valence-corrected chi connectivity index (χ0v) is 13.3. The third-order valence-corrected chi connectivity index (χ3v) is 4.36. The SMILES string of the molecule is CCn1cc(C(CN)N(CC(C)C)C2CCCC2)cn1. The number of hydrogen-bond acceptors (Lipinski definition) is 3. The third-order valence-electron chi connectivity index (χ3n) is 4.36. The van der Waals surface area contributed by atoms with E-state index in [2.05, 4.69) is 37.0 Å². The van der Waals surface area contributed by atoms with Gasteiger partial charge in [0.25, 0.3) is 0 Å². The Morgan fingerprint density at radius 3 is 2.60 bits per heavy atom. The molecule has 0 radical (unpaired) electrons. The summed E-state index contributed by atoms with van der Waals surface area (Å²) in [6.45, 7) is 9.44. The Kier molecular flexibility index (Phi) is 5.61. The minimum atomic E-state index is 0.320. The van der Waals surface area contributed by atoms with E-state index in [4.69, 9.17) is 5.73 Å². The molecule has 0 saturated heterocycles. The van der Waals surface area contributed by atoms with Crippen molar-refractivity contribution in [3.05, 3.63) is 18.0 Å². The maximum absolute atomic E-state index is 6.12. The number of nitrogens with zero attached hydrogens (tertiary/aromatic N) is 3. The molecular formula is C16H30N4. The van der Waals surface area contributed by atoms with E-state index < -0.39 is 0 Å². The Balaban J connectivity index is 2.18. The van der Waals surface area contributed by atoms with Crippen LogP contribution in [-0.2, 0) is 6.54 Å². The molecule has 1 aromatic heterocycles. The molecular weight excluding hydrogens is 248 g/mol. The summed E-state index contributed by atoms with van der Waals surface area (Å²) in [6.07, 6.45) is 9.55. The van der Waals surface area contributed by atoms with Gasteiger partial charge in [-0.15, -0.1) is 0 Å². The summed E-state index contributed by atoms with van der Waals surface area (Å²) in [6, 6.07) is 1.02. The van der Waals surface area contributed by atoms with Gasteiger partial charge < -0.3 is 5.73 Å². The van der Waals surface area contributed by atoms with E-state index in [1.54, 1.807) is 0 Å². The Labute approximate surface area is 123 Å². The van der Waals surface area contributed by atoms with Gasteiger partial charge in [-0.2, -0.15) is 5.10 Å². The molecule has 20 heavy (non-hydrogen) atoms. The third kappa shape index (κ3) is 3.61. The molecule has 0 aromatic carbocycles. The largest absolute Gasteiger partial charge is 0.329 e. The van der Waals surface area contributed by atoms with Crippen LogP contribution < -0.4 is 5.73 Å². The molecule has 2 rings (SSSR count). The van der Waals surface area contributed by atoms with Crippen molar-refractivity contribution in [1.29, 1.82) is 0 Å². The minimum absolute atomic E-state index is 0.320. The maximum atomic E-state index is 6.12. The number of rotatable bonds is 7. The number of aromatic nitrogens is 2. The van der Waals surface area contributed by atoms with Crippen LogP contribution in [0.15, 0.2) is 12.4 Å². The first-order valence-corrected chi connectivity index (χ1v) is 8.13. The fraction of sp³-hybridized carbons (Fsp3) is 0.812. The lowest BCUT2D eigenvalue weighted by atomic mass is 10.0. The van der Waals surface area contributed by atoms with E-state index in [-0.39, 0.29) is 0 Å². The Morgan fingerprint density at radius 1 is 1.40 bits per heavy atom. The normalized spacial score (nSPS) is 18.3. The zero-order valence-electron chi connectivity index (χ0n) is 13.3. The van der Waals surface area contributed by atoms with Gasteiger partial charge in [-0.25, -0.2) is 0 Å². The van der Waals surface area contributed by atoms with Gasteiger partial charge in [-0.1, -0.05) is 26.7 Å². The highest BCUT2D eigenvalue weighted by Crippen LogP contribution is 2.31. The molecule has 0 aliphatic heterocycles. The Hall–Kier alpha value is -0.870. The molecule has 0 bridgehead atoms. The van der Waals surface area contributed by atoms with Gasteiger partial charge >= 0.3 is 0 Å². The zero-order chi connectivity index (χ0) is 14.5. The first-order valence-electron chi connectivity index (χ1n) is 8.13. The molecule has 1 heterocycles. The summed E-state index contributed by atoms with van der Waals surface area (Å²) >= 11 is 0. The van der Waals surface area contributed by atoms with Crippen LogP contribution in [0.5, 0.6) is 0 Å². The molecule has 0 amide bonds. The molecule has 1 atom stereocenters. The first-order chi connectivity index (χ1) is 9.65. The van der Waals surface area contributed by atoms with Crippen LogP contribution in [0.3, 0.4) is 0 Å². The molecule has 4 nitrogen and oxygen atoms in total.